The maximum atomic E-state index is 12.9. The smallest absolute Gasteiger partial charge is 0.451 e. The Morgan fingerprint density at radius 2 is 2.00 bits per heavy atom. The minimum Gasteiger partial charge on any atom is -0.488 e. The van der Waals surface area contributed by atoms with E-state index in [9.17, 15) is 18.9 Å². The number of sulfonamides is 1. The lowest BCUT2D eigenvalue weighted by Crippen LogP contribution is -2.41. The number of hydrogen-bond donors (Lipinski definition) is 1. The molecule has 0 aromatic heterocycles. The topological polar surface area (TPSA) is 85.8 Å². The first kappa shape index (κ1) is 16.4. The predicted molar refractivity (Wildman–Crippen MR) is 94.0 cm³/mol. The van der Waals surface area contributed by atoms with Crippen LogP contribution in [0.25, 0.3) is 10.7 Å². The molecule has 3 fully saturated rings. The van der Waals surface area contributed by atoms with E-state index in [1.165, 1.54) is 0 Å². The molecule has 1 N–H and O–H groups in total. The summed E-state index contributed by atoms with van der Waals surface area (Å²) in [5.74, 6) is 0.0274. The Kier molecular flexibility index (Phi) is 3.27. The highest BCUT2D eigenvalue weighted by atomic mass is 32.2. The van der Waals surface area contributed by atoms with Crippen LogP contribution in [-0.4, -0.2) is 29.6 Å². The molecule has 6 nitrogen and oxygen atoms in total. The fourth-order valence-corrected chi connectivity index (χ4v) is 8.02. The first-order valence-corrected chi connectivity index (χ1v) is 10.2. The molecule has 1 saturated heterocycles. The monoisotopic (exact) mass is 360 g/mol. The summed E-state index contributed by atoms with van der Waals surface area (Å²) in [6.07, 6.45) is 2.63. The third-order valence-corrected chi connectivity index (χ3v) is 8.89. The van der Waals surface area contributed by atoms with Gasteiger partial charge in [-0.05, 0) is 42.7 Å². The molecule has 1 aromatic carbocycles. The molecule has 3 aliphatic rings. The van der Waals surface area contributed by atoms with Gasteiger partial charge < -0.3 is 5.11 Å². The van der Waals surface area contributed by atoms with Crippen molar-refractivity contribution in [3.05, 3.63) is 46.8 Å². The van der Waals surface area contributed by atoms with Crippen molar-refractivity contribution in [2.75, 3.05) is 5.75 Å². The summed E-state index contributed by atoms with van der Waals surface area (Å²) in [7, 11) is -3.67. The Bertz CT molecular complexity index is 901. The van der Waals surface area contributed by atoms with Crippen LogP contribution >= 0.6 is 0 Å². The van der Waals surface area contributed by atoms with E-state index >= 15 is 0 Å². The zero-order valence-corrected chi connectivity index (χ0v) is 15.2. The highest BCUT2D eigenvalue weighted by Crippen LogP contribution is 2.70. The number of diazo groups is 1. The average Bonchev–Trinajstić information content (AvgIpc) is 3.03. The van der Waals surface area contributed by atoms with Crippen molar-refractivity contribution in [1.82, 2.24) is 4.31 Å². The SMILES string of the molecule is CC1(C)[C@@H]2CC[C@]13CS(=O)(=O)N(/C(O)=C(\[N+]#N)c1ccccc1)[C@@H]3C2. The number of hydrogen-bond acceptors (Lipinski definition) is 4. The molecule has 25 heavy (non-hydrogen) atoms. The fourth-order valence-electron chi connectivity index (χ4n) is 5.50. The quantitative estimate of drug-likeness (QED) is 0.645. The van der Waals surface area contributed by atoms with Gasteiger partial charge in [-0.25, -0.2) is 12.7 Å². The lowest BCUT2D eigenvalue weighted by atomic mass is 9.69. The van der Waals surface area contributed by atoms with Crippen LogP contribution in [0.15, 0.2) is 36.2 Å². The van der Waals surface area contributed by atoms with Crippen LogP contribution in [0.3, 0.4) is 0 Å². The van der Waals surface area contributed by atoms with Crippen LogP contribution in [0.5, 0.6) is 0 Å². The van der Waals surface area contributed by atoms with E-state index in [4.69, 9.17) is 0 Å². The van der Waals surface area contributed by atoms with Gasteiger partial charge in [0.2, 0.25) is 15.4 Å². The minimum absolute atomic E-state index is 0.0473. The highest BCUT2D eigenvalue weighted by Gasteiger charge is 2.72. The van der Waals surface area contributed by atoms with Crippen LogP contribution in [0.4, 0.5) is 0 Å². The van der Waals surface area contributed by atoms with E-state index in [0.29, 0.717) is 11.5 Å². The summed E-state index contributed by atoms with van der Waals surface area (Å²) in [4.78, 5) is 3.20. The van der Waals surface area contributed by atoms with E-state index in [1.807, 2.05) is 0 Å². The van der Waals surface area contributed by atoms with E-state index in [-0.39, 0.29) is 28.3 Å². The van der Waals surface area contributed by atoms with Crippen LogP contribution < -0.4 is 0 Å². The van der Waals surface area contributed by atoms with Crippen LogP contribution in [-0.2, 0) is 10.0 Å². The van der Waals surface area contributed by atoms with E-state index in [0.717, 1.165) is 23.6 Å². The number of nitrogens with zero attached hydrogens (tertiary/aromatic N) is 3. The maximum absolute atomic E-state index is 12.9. The Balaban J connectivity index is 1.86. The summed E-state index contributed by atoms with van der Waals surface area (Å²) >= 11 is 0. The molecule has 2 saturated carbocycles. The van der Waals surface area contributed by atoms with E-state index in [1.54, 1.807) is 30.3 Å². The van der Waals surface area contributed by atoms with Gasteiger partial charge in [-0.3, -0.25) is 0 Å². The minimum atomic E-state index is -3.67. The molecular formula is C18H22N3O3S+. The van der Waals surface area contributed by atoms with Gasteiger partial charge in [0.25, 0.3) is 0 Å². The number of benzene rings is 1. The normalized spacial score (nSPS) is 35.2. The second kappa shape index (κ2) is 4.98. The zero-order chi connectivity index (χ0) is 18.0. The highest BCUT2D eigenvalue weighted by molar-refractivity contribution is 7.89. The number of aliphatic hydroxyl groups excluding tert-OH is 1. The molecule has 0 radical (unpaired) electrons. The Hall–Kier alpha value is -2.07. The first-order chi connectivity index (χ1) is 11.7. The molecule has 2 aliphatic carbocycles. The molecule has 1 aliphatic heterocycles. The summed E-state index contributed by atoms with van der Waals surface area (Å²) < 4.78 is 27.0. The lowest BCUT2D eigenvalue weighted by Gasteiger charge is -2.36. The van der Waals surface area contributed by atoms with Gasteiger partial charge in [-0.1, -0.05) is 32.0 Å². The van der Waals surface area contributed by atoms with Crippen LogP contribution in [0, 0.1) is 22.1 Å². The third kappa shape index (κ3) is 1.94. The van der Waals surface area contributed by atoms with Crippen molar-refractivity contribution < 1.29 is 13.5 Å². The van der Waals surface area contributed by atoms with Gasteiger partial charge in [0.05, 0.1) is 17.4 Å². The van der Waals surface area contributed by atoms with Gasteiger partial charge in [-0.2, -0.15) is 0 Å². The summed E-state index contributed by atoms with van der Waals surface area (Å²) in [5, 5.41) is 20.3. The molecule has 2 bridgehead atoms. The largest absolute Gasteiger partial charge is 0.488 e. The predicted octanol–water partition coefficient (Wildman–Crippen LogP) is 3.56. The van der Waals surface area contributed by atoms with Gasteiger partial charge in [0.15, 0.2) is 4.98 Å². The van der Waals surface area contributed by atoms with Crippen molar-refractivity contribution in [2.45, 2.75) is 39.2 Å². The molecule has 3 atom stereocenters. The summed E-state index contributed by atoms with van der Waals surface area (Å²) in [6.45, 7) is 4.30. The fraction of sp³-hybridized carbons (Fsp3) is 0.556. The lowest BCUT2D eigenvalue weighted by molar-refractivity contribution is 0.107. The number of fused-ring (bicyclic) bond motifs is 1. The Morgan fingerprint density at radius 1 is 1.32 bits per heavy atom. The number of rotatable bonds is 2. The van der Waals surface area contributed by atoms with Gasteiger partial charge in [0.1, 0.15) is 0 Å². The van der Waals surface area contributed by atoms with Crippen molar-refractivity contribution >= 4 is 15.7 Å². The average molecular weight is 360 g/mol. The van der Waals surface area contributed by atoms with E-state index in [2.05, 4.69) is 18.8 Å². The van der Waals surface area contributed by atoms with Gasteiger partial charge in [-0.15, -0.1) is 0 Å². The molecule has 0 amide bonds. The summed E-state index contributed by atoms with van der Waals surface area (Å²) in [5.41, 5.74) is -0.0621. The zero-order valence-electron chi connectivity index (χ0n) is 14.4. The number of aliphatic hydroxyl groups is 1. The van der Waals surface area contributed by atoms with Crippen molar-refractivity contribution in [3.63, 3.8) is 0 Å². The third-order valence-electron chi connectivity index (χ3n) is 6.98. The molecule has 1 heterocycles. The van der Waals surface area contributed by atoms with Crippen molar-refractivity contribution in [2.24, 2.45) is 16.7 Å². The van der Waals surface area contributed by atoms with Gasteiger partial charge in [0, 0.05) is 5.41 Å². The van der Waals surface area contributed by atoms with Crippen molar-refractivity contribution in [1.29, 1.82) is 5.39 Å². The maximum Gasteiger partial charge on any atom is 0.451 e. The Labute approximate surface area is 147 Å². The summed E-state index contributed by atoms with van der Waals surface area (Å²) in [6, 6.07) is 8.37. The molecule has 4 rings (SSSR count). The van der Waals surface area contributed by atoms with Gasteiger partial charge >= 0.3 is 11.6 Å². The molecule has 1 spiro atoms. The van der Waals surface area contributed by atoms with Crippen LogP contribution in [0.2, 0.25) is 0 Å². The molecule has 1 aromatic rings. The first-order valence-electron chi connectivity index (χ1n) is 8.60. The van der Waals surface area contributed by atoms with E-state index < -0.39 is 15.9 Å². The molecule has 7 heteroatoms. The second-order valence-electron chi connectivity index (χ2n) is 8.06. The molecular weight excluding hydrogens is 338 g/mol. The second-order valence-corrected chi connectivity index (χ2v) is 9.90. The standard InChI is InChI=1S/C18H21N3O3S/c1-17(2)13-8-9-18(17)11-25(23,24)21(14(18)10-13)16(22)15(20-19)12-6-4-3-5-7-12/h3-7,13-14H,8-11H2,1-2H3/p+1/b16-15+/t13-,14-,18-/m1/s1. The van der Waals surface area contributed by atoms with Crippen molar-refractivity contribution in [3.8, 4) is 0 Å². The molecule has 132 valence electrons. The Morgan fingerprint density at radius 3 is 2.60 bits per heavy atom. The molecule has 0 unspecified atom stereocenters. The van der Waals surface area contributed by atoms with Crippen LogP contribution in [0.1, 0.15) is 38.7 Å².